The van der Waals surface area contributed by atoms with Crippen molar-refractivity contribution in [3.8, 4) is 0 Å². The zero-order valence-corrected chi connectivity index (χ0v) is 13.7. The van der Waals surface area contributed by atoms with Crippen molar-refractivity contribution in [1.29, 1.82) is 0 Å². The topological polar surface area (TPSA) is 91.5 Å². The zero-order chi connectivity index (χ0) is 16.7. The van der Waals surface area contributed by atoms with E-state index in [1.54, 1.807) is 15.6 Å². The summed E-state index contributed by atoms with van der Waals surface area (Å²) in [5.74, 6) is -0.273. The van der Waals surface area contributed by atoms with E-state index in [1.807, 2.05) is 20.9 Å². The minimum atomic E-state index is -0.689. The van der Waals surface area contributed by atoms with Gasteiger partial charge in [0.05, 0.1) is 22.7 Å². The summed E-state index contributed by atoms with van der Waals surface area (Å²) >= 11 is 0. The molecule has 0 unspecified atom stereocenters. The Labute approximate surface area is 134 Å². The fourth-order valence-electron chi connectivity index (χ4n) is 3.29. The molecule has 1 amide bonds. The van der Waals surface area contributed by atoms with Gasteiger partial charge in [-0.1, -0.05) is 0 Å². The van der Waals surface area contributed by atoms with Gasteiger partial charge < -0.3 is 15.1 Å². The number of likely N-dealkylation sites (tertiary alicyclic amines) is 1. The average Bonchev–Trinajstić information content (AvgIpc) is 2.80. The summed E-state index contributed by atoms with van der Waals surface area (Å²) in [4.78, 5) is 19.1. The molecule has 0 aromatic carbocycles. The molecule has 124 valence electrons. The number of carbonyl (C=O) groups excluding carboxylic acids is 1. The molecule has 0 saturated carbocycles. The minimum Gasteiger partial charge on any atom is -0.396 e. The van der Waals surface area contributed by atoms with Gasteiger partial charge in [-0.2, -0.15) is 5.10 Å². The van der Waals surface area contributed by atoms with E-state index in [0.29, 0.717) is 24.2 Å². The first-order valence-electron chi connectivity index (χ1n) is 7.81. The van der Waals surface area contributed by atoms with E-state index in [0.717, 1.165) is 16.8 Å². The second-order valence-corrected chi connectivity index (χ2v) is 6.27. The van der Waals surface area contributed by atoms with Gasteiger partial charge in [0, 0.05) is 38.4 Å². The van der Waals surface area contributed by atoms with Crippen LogP contribution in [0, 0.1) is 19.8 Å². The SMILES string of the molecule is Cc1cc(C(=O)N2CC[C@H](CO)[C@@H](O)C2)c2c(C)nn(C)c2n1. The Morgan fingerprint density at radius 3 is 2.83 bits per heavy atom. The molecule has 2 atom stereocenters. The standard InChI is InChI=1S/C16H22N4O3/c1-9-6-12(14-10(2)18-19(3)15(14)17-9)16(23)20-5-4-11(8-21)13(22)7-20/h6,11,13,21-22H,4-5,7-8H2,1-3H3/t11-,13+/m1/s1. The Hall–Kier alpha value is -1.99. The molecule has 3 rings (SSSR count). The summed E-state index contributed by atoms with van der Waals surface area (Å²) < 4.78 is 1.68. The molecular weight excluding hydrogens is 296 g/mol. The number of aliphatic hydroxyl groups excluding tert-OH is 2. The summed E-state index contributed by atoms with van der Waals surface area (Å²) in [6, 6.07) is 1.78. The van der Waals surface area contributed by atoms with Gasteiger partial charge in [-0.3, -0.25) is 9.48 Å². The normalized spacial score (nSPS) is 21.9. The highest BCUT2D eigenvalue weighted by atomic mass is 16.3. The highest BCUT2D eigenvalue weighted by molar-refractivity contribution is 6.06. The van der Waals surface area contributed by atoms with Gasteiger partial charge >= 0.3 is 0 Å². The van der Waals surface area contributed by atoms with Crippen LogP contribution >= 0.6 is 0 Å². The maximum absolute atomic E-state index is 13.0. The van der Waals surface area contributed by atoms with Gasteiger partial charge in [-0.25, -0.2) is 4.98 Å². The third kappa shape index (κ3) is 2.70. The molecule has 0 bridgehead atoms. The van der Waals surface area contributed by atoms with Crippen molar-refractivity contribution in [2.45, 2.75) is 26.4 Å². The lowest BCUT2D eigenvalue weighted by molar-refractivity contribution is 0.000945. The largest absolute Gasteiger partial charge is 0.396 e. The van der Waals surface area contributed by atoms with Crippen molar-refractivity contribution >= 4 is 16.9 Å². The van der Waals surface area contributed by atoms with Crippen molar-refractivity contribution in [1.82, 2.24) is 19.7 Å². The number of hydrogen-bond donors (Lipinski definition) is 2. The lowest BCUT2D eigenvalue weighted by Crippen LogP contribution is -2.47. The monoisotopic (exact) mass is 318 g/mol. The number of β-amino-alcohol motifs (C(OH)–C–C–N with tert-alkyl or cyclic N) is 1. The molecule has 2 aromatic heterocycles. The van der Waals surface area contributed by atoms with E-state index in [-0.39, 0.29) is 25.0 Å². The third-order valence-electron chi connectivity index (χ3n) is 4.57. The van der Waals surface area contributed by atoms with Crippen molar-refractivity contribution in [2.24, 2.45) is 13.0 Å². The van der Waals surface area contributed by atoms with Crippen LogP contribution in [-0.4, -0.2) is 61.6 Å². The summed E-state index contributed by atoms with van der Waals surface area (Å²) in [5, 5.41) is 24.4. The smallest absolute Gasteiger partial charge is 0.254 e. The molecule has 1 fully saturated rings. The number of fused-ring (bicyclic) bond motifs is 1. The van der Waals surface area contributed by atoms with Crippen LogP contribution < -0.4 is 0 Å². The summed E-state index contributed by atoms with van der Waals surface area (Å²) in [5.41, 5.74) is 2.79. The fourth-order valence-corrected chi connectivity index (χ4v) is 3.29. The van der Waals surface area contributed by atoms with E-state index in [2.05, 4.69) is 10.1 Å². The van der Waals surface area contributed by atoms with Crippen LogP contribution in [0.25, 0.3) is 11.0 Å². The predicted octanol–water partition coefficient (Wildman–Crippen LogP) is 0.400. The number of aryl methyl sites for hydroxylation is 3. The lowest BCUT2D eigenvalue weighted by Gasteiger charge is -2.35. The summed E-state index contributed by atoms with van der Waals surface area (Å²) in [6.07, 6.45) is -0.0889. The van der Waals surface area contributed by atoms with Crippen molar-refractivity contribution in [3.05, 3.63) is 23.0 Å². The van der Waals surface area contributed by atoms with Crippen LogP contribution in [0.2, 0.25) is 0 Å². The van der Waals surface area contributed by atoms with E-state index < -0.39 is 6.10 Å². The Morgan fingerprint density at radius 1 is 1.43 bits per heavy atom. The molecular formula is C16H22N4O3. The maximum Gasteiger partial charge on any atom is 0.254 e. The van der Waals surface area contributed by atoms with E-state index in [9.17, 15) is 15.0 Å². The Kier molecular flexibility index (Phi) is 4.08. The first kappa shape index (κ1) is 15.9. The lowest BCUT2D eigenvalue weighted by atomic mass is 9.94. The number of carbonyl (C=O) groups is 1. The number of pyridine rings is 1. The quantitative estimate of drug-likeness (QED) is 0.836. The zero-order valence-electron chi connectivity index (χ0n) is 13.7. The van der Waals surface area contributed by atoms with Crippen LogP contribution in [0.15, 0.2) is 6.07 Å². The molecule has 2 N–H and O–H groups in total. The second-order valence-electron chi connectivity index (χ2n) is 6.27. The molecule has 7 heteroatoms. The first-order valence-corrected chi connectivity index (χ1v) is 7.81. The van der Waals surface area contributed by atoms with Gasteiger partial charge in [0.1, 0.15) is 0 Å². The van der Waals surface area contributed by atoms with Crippen molar-refractivity contribution < 1.29 is 15.0 Å². The maximum atomic E-state index is 13.0. The number of rotatable bonds is 2. The fraction of sp³-hybridized carbons (Fsp3) is 0.562. The number of aliphatic hydroxyl groups is 2. The van der Waals surface area contributed by atoms with E-state index in [1.165, 1.54) is 0 Å². The molecule has 1 saturated heterocycles. The van der Waals surface area contributed by atoms with Crippen molar-refractivity contribution in [3.63, 3.8) is 0 Å². The summed E-state index contributed by atoms with van der Waals surface area (Å²) in [7, 11) is 1.81. The highest BCUT2D eigenvalue weighted by Crippen LogP contribution is 2.25. The van der Waals surface area contributed by atoms with Gasteiger partial charge in [0.2, 0.25) is 0 Å². The van der Waals surface area contributed by atoms with Crippen LogP contribution in [0.4, 0.5) is 0 Å². The number of piperidine rings is 1. The van der Waals surface area contributed by atoms with Crippen LogP contribution in [0.1, 0.15) is 28.2 Å². The Balaban J connectivity index is 1.99. The highest BCUT2D eigenvalue weighted by Gasteiger charge is 2.31. The average molecular weight is 318 g/mol. The molecule has 7 nitrogen and oxygen atoms in total. The second kappa shape index (κ2) is 5.90. The molecule has 0 spiro atoms. The number of amides is 1. The van der Waals surface area contributed by atoms with Crippen LogP contribution in [0.5, 0.6) is 0 Å². The molecule has 1 aliphatic rings. The minimum absolute atomic E-state index is 0.0521. The molecule has 1 aliphatic heterocycles. The van der Waals surface area contributed by atoms with Gasteiger partial charge in [0.25, 0.3) is 5.91 Å². The van der Waals surface area contributed by atoms with E-state index in [4.69, 9.17) is 0 Å². The van der Waals surface area contributed by atoms with Crippen molar-refractivity contribution in [2.75, 3.05) is 19.7 Å². The number of hydrogen-bond acceptors (Lipinski definition) is 5. The number of nitrogens with zero attached hydrogens (tertiary/aromatic N) is 4. The van der Waals surface area contributed by atoms with Gasteiger partial charge in [-0.15, -0.1) is 0 Å². The Bertz CT molecular complexity index is 755. The van der Waals surface area contributed by atoms with Crippen LogP contribution in [0.3, 0.4) is 0 Å². The van der Waals surface area contributed by atoms with Gasteiger partial charge in [-0.05, 0) is 26.3 Å². The molecule has 0 aliphatic carbocycles. The molecule has 23 heavy (non-hydrogen) atoms. The van der Waals surface area contributed by atoms with Gasteiger partial charge in [0.15, 0.2) is 5.65 Å². The first-order chi connectivity index (χ1) is 10.9. The predicted molar refractivity (Wildman–Crippen MR) is 85.1 cm³/mol. The molecule has 2 aromatic rings. The molecule has 0 radical (unpaired) electrons. The number of aromatic nitrogens is 3. The summed E-state index contributed by atoms with van der Waals surface area (Å²) in [6.45, 7) is 4.44. The van der Waals surface area contributed by atoms with Crippen LogP contribution in [-0.2, 0) is 7.05 Å². The molecule has 3 heterocycles. The Morgan fingerprint density at radius 2 is 2.17 bits per heavy atom. The third-order valence-corrected chi connectivity index (χ3v) is 4.57. The van der Waals surface area contributed by atoms with E-state index >= 15 is 0 Å².